The van der Waals surface area contributed by atoms with Gasteiger partial charge in [0.05, 0.1) is 18.4 Å². The first-order valence-corrected chi connectivity index (χ1v) is 7.37. The fraction of sp³-hybridized carbons (Fsp3) is 0.438. The fourth-order valence-electron chi connectivity index (χ4n) is 2.44. The maximum Gasteiger partial charge on any atom is 0.315 e. The van der Waals surface area contributed by atoms with Crippen LogP contribution in [0.4, 0.5) is 5.69 Å². The molecule has 0 radical (unpaired) electrons. The number of carbonyl (C=O) groups is 3. The molecule has 1 aliphatic rings. The molecule has 1 saturated heterocycles. The molecular formula is C16H20N2O4. The molecule has 0 saturated carbocycles. The predicted octanol–water partition coefficient (Wildman–Crippen LogP) is 1.81. The molecule has 6 heteroatoms. The monoisotopic (exact) mass is 304 g/mol. The largest absolute Gasteiger partial charge is 0.469 e. The molecule has 0 bridgehead atoms. The molecule has 1 fully saturated rings. The Bertz CT molecular complexity index is 565. The highest BCUT2D eigenvalue weighted by molar-refractivity contribution is 6.07. The molecule has 2 rings (SSSR count). The van der Waals surface area contributed by atoms with Crippen molar-refractivity contribution in [1.29, 1.82) is 0 Å². The van der Waals surface area contributed by atoms with E-state index in [1.165, 1.54) is 7.11 Å². The number of methoxy groups -OCH3 is 1. The minimum atomic E-state index is -0.614. The van der Waals surface area contributed by atoms with Crippen molar-refractivity contribution in [2.24, 2.45) is 0 Å². The van der Waals surface area contributed by atoms with Gasteiger partial charge in [-0.15, -0.1) is 0 Å². The van der Waals surface area contributed by atoms with Gasteiger partial charge in [-0.05, 0) is 31.4 Å². The van der Waals surface area contributed by atoms with Crippen LogP contribution in [0.5, 0.6) is 0 Å². The third kappa shape index (κ3) is 4.07. The van der Waals surface area contributed by atoms with Crippen LogP contribution in [-0.2, 0) is 14.3 Å². The van der Waals surface area contributed by atoms with Crippen LogP contribution in [0.3, 0.4) is 0 Å². The van der Waals surface area contributed by atoms with Gasteiger partial charge in [0.1, 0.15) is 6.42 Å². The number of para-hydroxylation sites is 1. The molecule has 1 aliphatic heterocycles. The zero-order valence-electron chi connectivity index (χ0n) is 12.6. The van der Waals surface area contributed by atoms with Gasteiger partial charge in [0, 0.05) is 13.1 Å². The Balaban J connectivity index is 2.10. The molecule has 118 valence electrons. The lowest BCUT2D eigenvalue weighted by Gasteiger charge is -2.27. The van der Waals surface area contributed by atoms with Gasteiger partial charge in [0.25, 0.3) is 5.91 Å². The third-order valence-corrected chi connectivity index (χ3v) is 3.61. The van der Waals surface area contributed by atoms with Gasteiger partial charge in [-0.2, -0.15) is 0 Å². The van der Waals surface area contributed by atoms with Gasteiger partial charge >= 0.3 is 5.97 Å². The number of hydrogen-bond donors (Lipinski definition) is 1. The van der Waals surface area contributed by atoms with Crippen molar-refractivity contribution in [3.8, 4) is 0 Å². The Morgan fingerprint density at radius 2 is 1.82 bits per heavy atom. The van der Waals surface area contributed by atoms with Gasteiger partial charge in [0.15, 0.2) is 0 Å². The number of anilines is 1. The summed E-state index contributed by atoms with van der Waals surface area (Å²) in [6.45, 7) is 1.48. The van der Waals surface area contributed by atoms with E-state index in [1.807, 2.05) is 0 Å². The summed E-state index contributed by atoms with van der Waals surface area (Å²) in [6, 6.07) is 6.84. The van der Waals surface area contributed by atoms with Crippen LogP contribution >= 0.6 is 0 Å². The van der Waals surface area contributed by atoms with E-state index in [1.54, 1.807) is 29.2 Å². The minimum absolute atomic E-state index is 0.0892. The lowest BCUT2D eigenvalue weighted by molar-refractivity contribution is -0.142. The summed E-state index contributed by atoms with van der Waals surface area (Å²) in [5.74, 6) is -1.20. The summed E-state index contributed by atoms with van der Waals surface area (Å²) in [5, 5.41) is 2.61. The van der Waals surface area contributed by atoms with E-state index in [2.05, 4.69) is 10.1 Å². The number of carbonyl (C=O) groups excluding carboxylic acids is 3. The van der Waals surface area contributed by atoms with E-state index < -0.39 is 11.9 Å². The quantitative estimate of drug-likeness (QED) is 0.680. The maximum atomic E-state index is 12.6. The standard InChI is InChI=1S/C16H20N2O4/c1-22-15(20)11-14(19)17-13-8-4-3-7-12(13)16(21)18-9-5-2-6-10-18/h3-4,7-8H,2,5-6,9-11H2,1H3,(H,17,19). The smallest absolute Gasteiger partial charge is 0.315 e. The van der Waals surface area contributed by atoms with Crippen LogP contribution < -0.4 is 5.32 Å². The number of likely N-dealkylation sites (tertiary alicyclic amines) is 1. The molecule has 0 unspecified atom stereocenters. The van der Waals surface area contributed by atoms with Crippen LogP contribution in [0.15, 0.2) is 24.3 Å². The van der Waals surface area contributed by atoms with Crippen molar-refractivity contribution in [1.82, 2.24) is 4.90 Å². The van der Waals surface area contributed by atoms with Crippen LogP contribution in [0.1, 0.15) is 36.0 Å². The summed E-state index contributed by atoms with van der Waals surface area (Å²) in [7, 11) is 1.23. The highest BCUT2D eigenvalue weighted by Crippen LogP contribution is 2.20. The highest BCUT2D eigenvalue weighted by Gasteiger charge is 2.21. The lowest BCUT2D eigenvalue weighted by atomic mass is 10.1. The SMILES string of the molecule is COC(=O)CC(=O)Nc1ccccc1C(=O)N1CCCCC1. The minimum Gasteiger partial charge on any atom is -0.469 e. The topological polar surface area (TPSA) is 75.7 Å². The Morgan fingerprint density at radius 3 is 2.50 bits per heavy atom. The molecule has 1 aromatic rings. The van der Waals surface area contributed by atoms with Gasteiger partial charge in [-0.3, -0.25) is 14.4 Å². The Morgan fingerprint density at radius 1 is 1.14 bits per heavy atom. The number of amides is 2. The number of benzene rings is 1. The normalized spacial score (nSPS) is 14.3. The van der Waals surface area contributed by atoms with E-state index in [9.17, 15) is 14.4 Å². The van der Waals surface area contributed by atoms with E-state index in [0.717, 1.165) is 32.4 Å². The molecule has 2 amide bonds. The van der Waals surface area contributed by atoms with Gasteiger partial charge in [-0.1, -0.05) is 12.1 Å². The first-order chi connectivity index (χ1) is 10.6. The van der Waals surface area contributed by atoms with Crippen molar-refractivity contribution in [3.05, 3.63) is 29.8 Å². The molecule has 0 aromatic heterocycles. The number of hydrogen-bond acceptors (Lipinski definition) is 4. The third-order valence-electron chi connectivity index (χ3n) is 3.61. The Labute approximate surface area is 129 Å². The van der Waals surface area contributed by atoms with Gasteiger partial charge in [0.2, 0.25) is 5.91 Å². The zero-order valence-corrected chi connectivity index (χ0v) is 12.6. The second kappa shape index (κ2) is 7.59. The summed E-state index contributed by atoms with van der Waals surface area (Å²) in [5.41, 5.74) is 0.870. The van der Waals surface area contributed by atoms with Crippen molar-refractivity contribution in [2.45, 2.75) is 25.7 Å². The lowest BCUT2D eigenvalue weighted by Crippen LogP contribution is -2.36. The molecule has 1 heterocycles. The van der Waals surface area contributed by atoms with Crippen LogP contribution in [-0.4, -0.2) is 42.9 Å². The van der Waals surface area contributed by atoms with E-state index in [-0.39, 0.29) is 12.3 Å². The average Bonchev–Trinajstić information content (AvgIpc) is 2.55. The summed E-state index contributed by atoms with van der Waals surface area (Å²) in [6.07, 6.45) is 2.77. The number of piperidine rings is 1. The van der Waals surface area contributed by atoms with Gasteiger partial charge < -0.3 is 15.0 Å². The number of rotatable bonds is 4. The van der Waals surface area contributed by atoms with E-state index >= 15 is 0 Å². The highest BCUT2D eigenvalue weighted by atomic mass is 16.5. The molecule has 1 aromatic carbocycles. The molecule has 6 nitrogen and oxygen atoms in total. The number of ether oxygens (including phenoxy) is 1. The molecule has 0 spiro atoms. The molecule has 1 N–H and O–H groups in total. The van der Waals surface area contributed by atoms with Crippen LogP contribution in [0.25, 0.3) is 0 Å². The zero-order chi connectivity index (χ0) is 15.9. The Kier molecular flexibility index (Phi) is 5.52. The summed E-state index contributed by atoms with van der Waals surface area (Å²) < 4.78 is 4.46. The average molecular weight is 304 g/mol. The maximum absolute atomic E-state index is 12.6. The van der Waals surface area contributed by atoms with E-state index in [4.69, 9.17) is 0 Å². The van der Waals surface area contributed by atoms with Gasteiger partial charge in [-0.25, -0.2) is 0 Å². The number of nitrogens with zero attached hydrogens (tertiary/aromatic N) is 1. The van der Waals surface area contributed by atoms with Crippen LogP contribution in [0, 0.1) is 0 Å². The first kappa shape index (κ1) is 16.0. The molecular weight excluding hydrogens is 284 g/mol. The summed E-state index contributed by atoms with van der Waals surface area (Å²) >= 11 is 0. The van der Waals surface area contributed by atoms with Crippen molar-refractivity contribution in [2.75, 3.05) is 25.5 Å². The number of esters is 1. The van der Waals surface area contributed by atoms with Crippen molar-refractivity contribution < 1.29 is 19.1 Å². The predicted molar refractivity (Wildman–Crippen MR) is 81.5 cm³/mol. The molecule has 0 atom stereocenters. The van der Waals surface area contributed by atoms with E-state index in [0.29, 0.717) is 11.3 Å². The Hall–Kier alpha value is -2.37. The van der Waals surface area contributed by atoms with Crippen molar-refractivity contribution in [3.63, 3.8) is 0 Å². The van der Waals surface area contributed by atoms with Crippen LogP contribution in [0.2, 0.25) is 0 Å². The second-order valence-corrected chi connectivity index (χ2v) is 5.20. The number of nitrogens with one attached hydrogen (secondary N) is 1. The molecule has 0 aliphatic carbocycles. The fourth-order valence-corrected chi connectivity index (χ4v) is 2.44. The summed E-state index contributed by atoms with van der Waals surface area (Å²) in [4.78, 5) is 37.3. The first-order valence-electron chi connectivity index (χ1n) is 7.37. The van der Waals surface area contributed by atoms with Crippen molar-refractivity contribution >= 4 is 23.5 Å². The molecule has 22 heavy (non-hydrogen) atoms. The second-order valence-electron chi connectivity index (χ2n) is 5.20.